The first-order valence-corrected chi connectivity index (χ1v) is 6.55. The van der Waals surface area contributed by atoms with Gasteiger partial charge in [0.05, 0.1) is 0 Å². The van der Waals surface area contributed by atoms with Crippen molar-refractivity contribution in [3.8, 4) is 5.75 Å². The van der Waals surface area contributed by atoms with Gasteiger partial charge >= 0.3 is 0 Å². The molecule has 18 heavy (non-hydrogen) atoms. The zero-order valence-corrected chi connectivity index (χ0v) is 11.1. The van der Waals surface area contributed by atoms with Gasteiger partial charge in [-0.2, -0.15) is 0 Å². The van der Waals surface area contributed by atoms with Crippen LogP contribution in [0.1, 0.15) is 30.0 Å². The number of benzene rings is 2. The average Bonchev–Trinajstić information content (AvgIpc) is 2.40. The van der Waals surface area contributed by atoms with Crippen LogP contribution in [0.15, 0.2) is 48.5 Å². The zero-order valence-electron chi connectivity index (χ0n) is 11.1. The van der Waals surface area contributed by atoms with Crippen LogP contribution in [0.5, 0.6) is 5.75 Å². The number of ether oxygens (including phenoxy) is 1. The standard InChI is InChI=1S/C17H20O/c1-3-4-15-7-9-16(10-8-15)13-18-17-11-5-14(2)6-12-17/h5-12H,3-4,13H2,1-2H3. The summed E-state index contributed by atoms with van der Waals surface area (Å²) in [6.07, 6.45) is 2.35. The molecular weight excluding hydrogens is 220 g/mol. The molecule has 0 aliphatic carbocycles. The van der Waals surface area contributed by atoms with Crippen molar-refractivity contribution in [1.29, 1.82) is 0 Å². The topological polar surface area (TPSA) is 9.23 Å². The van der Waals surface area contributed by atoms with Gasteiger partial charge in [-0.25, -0.2) is 0 Å². The molecule has 0 atom stereocenters. The first-order valence-electron chi connectivity index (χ1n) is 6.55. The molecule has 0 unspecified atom stereocenters. The second-order valence-electron chi connectivity index (χ2n) is 4.67. The molecule has 0 fully saturated rings. The molecule has 0 heterocycles. The van der Waals surface area contributed by atoms with Gasteiger partial charge in [-0.1, -0.05) is 55.3 Å². The van der Waals surface area contributed by atoms with Crippen molar-refractivity contribution >= 4 is 0 Å². The highest BCUT2D eigenvalue weighted by Gasteiger charge is 1.97. The Balaban J connectivity index is 1.91. The van der Waals surface area contributed by atoms with Crippen molar-refractivity contribution in [2.24, 2.45) is 0 Å². The highest BCUT2D eigenvalue weighted by atomic mass is 16.5. The van der Waals surface area contributed by atoms with Gasteiger partial charge in [-0.05, 0) is 36.6 Å². The summed E-state index contributed by atoms with van der Waals surface area (Å²) in [5, 5.41) is 0. The van der Waals surface area contributed by atoms with Gasteiger partial charge in [0.2, 0.25) is 0 Å². The summed E-state index contributed by atoms with van der Waals surface area (Å²) in [7, 11) is 0. The molecule has 94 valence electrons. The Morgan fingerprint density at radius 2 is 1.44 bits per heavy atom. The summed E-state index contributed by atoms with van der Waals surface area (Å²) in [6, 6.07) is 16.9. The summed E-state index contributed by atoms with van der Waals surface area (Å²) in [5.74, 6) is 0.929. The van der Waals surface area contributed by atoms with Crippen LogP contribution in [0.25, 0.3) is 0 Å². The summed E-state index contributed by atoms with van der Waals surface area (Å²) >= 11 is 0. The fourth-order valence-electron chi connectivity index (χ4n) is 1.89. The van der Waals surface area contributed by atoms with Crippen LogP contribution in [-0.2, 0) is 13.0 Å². The van der Waals surface area contributed by atoms with Crippen LogP contribution in [0.2, 0.25) is 0 Å². The van der Waals surface area contributed by atoms with Crippen LogP contribution in [0.4, 0.5) is 0 Å². The first kappa shape index (κ1) is 12.7. The highest BCUT2D eigenvalue weighted by molar-refractivity contribution is 5.27. The van der Waals surface area contributed by atoms with E-state index in [1.165, 1.54) is 23.1 Å². The summed E-state index contributed by atoms with van der Waals surface area (Å²) in [4.78, 5) is 0. The molecule has 0 saturated carbocycles. The fourth-order valence-corrected chi connectivity index (χ4v) is 1.89. The second kappa shape index (κ2) is 6.25. The minimum absolute atomic E-state index is 0.634. The van der Waals surface area contributed by atoms with Crippen molar-refractivity contribution in [1.82, 2.24) is 0 Å². The van der Waals surface area contributed by atoms with Gasteiger partial charge in [0.25, 0.3) is 0 Å². The van der Waals surface area contributed by atoms with Crippen molar-refractivity contribution in [2.45, 2.75) is 33.3 Å². The first-order chi connectivity index (χ1) is 8.78. The van der Waals surface area contributed by atoms with E-state index >= 15 is 0 Å². The lowest BCUT2D eigenvalue weighted by Crippen LogP contribution is -1.95. The van der Waals surface area contributed by atoms with E-state index in [9.17, 15) is 0 Å². The molecule has 0 bridgehead atoms. The SMILES string of the molecule is CCCc1ccc(COc2ccc(C)cc2)cc1. The molecule has 0 aliphatic heterocycles. The molecular formula is C17H20O. The molecule has 2 aromatic carbocycles. The molecule has 2 rings (SSSR count). The van der Waals surface area contributed by atoms with Gasteiger partial charge in [-0.3, -0.25) is 0 Å². The third-order valence-corrected chi connectivity index (χ3v) is 2.99. The lowest BCUT2D eigenvalue weighted by Gasteiger charge is -2.07. The number of aryl methyl sites for hydroxylation is 2. The molecule has 0 saturated heterocycles. The molecule has 0 N–H and O–H groups in total. The summed E-state index contributed by atoms with van der Waals surface area (Å²) in [5.41, 5.74) is 3.87. The van der Waals surface area contributed by atoms with E-state index in [2.05, 4.69) is 50.2 Å². The monoisotopic (exact) mass is 240 g/mol. The minimum atomic E-state index is 0.634. The zero-order chi connectivity index (χ0) is 12.8. The van der Waals surface area contributed by atoms with Gasteiger partial charge in [-0.15, -0.1) is 0 Å². The quantitative estimate of drug-likeness (QED) is 0.746. The molecule has 1 nitrogen and oxygen atoms in total. The van der Waals surface area contributed by atoms with Gasteiger partial charge in [0.15, 0.2) is 0 Å². The van der Waals surface area contributed by atoms with E-state index in [0.717, 1.165) is 12.2 Å². The third-order valence-electron chi connectivity index (χ3n) is 2.99. The van der Waals surface area contributed by atoms with Crippen LogP contribution >= 0.6 is 0 Å². The smallest absolute Gasteiger partial charge is 0.119 e. The van der Waals surface area contributed by atoms with Crippen molar-refractivity contribution in [3.63, 3.8) is 0 Å². The Morgan fingerprint density at radius 3 is 2.06 bits per heavy atom. The Morgan fingerprint density at radius 1 is 0.833 bits per heavy atom. The predicted molar refractivity (Wildman–Crippen MR) is 75.9 cm³/mol. The molecule has 0 aliphatic rings. The average molecular weight is 240 g/mol. The van der Waals surface area contributed by atoms with E-state index in [1.807, 2.05) is 12.1 Å². The van der Waals surface area contributed by atoms with Crippen molar-refractivity contribution in [3.05, 3.63) is 65.2 Å². The molecule has 2 aromatic rings. The Bertz CT molecular complexity index is 468. The van der Waals surface area contributed by atoms with Crippen molar-refractivity contribution < 1.29 is 4.74 Å². The highest BCUT2D eigenvalue weighted by Crippen LogP contribution is 2.14. The summed E-state index contributed by atoms with van der Waals surface area (Å²) < 4.78 is 5.75. The van der Waals surface area contributed by atoms with Crippen LogP contribution in [0, 0.1) is 6.92 Å². The maximum absolute atomic E-state index is 5.75. The van der Waals surface area contributed by atoms with E-state index in [4.69, 9.17) is 4.74 Å². The van der Waals surface area contributed by atoms with Crippen LogP contribution in [-0.4, -0.2) is 0 Å². The largest absolute Gasteiger partial charge is 0.489 e. The van der Waals surface area contributed by atoms with E-state index in [-0.39, 0.29) is 0 Å². The fraction of sp³-hybridized carbons (Fsp3) is 0.294. The minimum Gasteiger partial charge on any atom is -0.489 e. The maximum atomic E-state index is 5.75. The molecule has 0 spiro atoms. The second-order valence-corrected chi connectivity index (χ2v) is 4.67. The Hall–Kier alpha value is -1.76. The normalized spacial score (nSPS) is 10.3. The van der Waals surface area contributed by atoms with Crippen molar-refractivity contribution in [2.75, 3.05) is 0 Å². The van der Waals surface area contributed by atoms with E-state index in [0.29, 0.717) is 6.61 Å². The number of hydrogen-bond acceptors (Lipinski definition) is 1. The Kier molecular flexibility index (Phi) is 4.40. The molecule has 0 amide bonds. The Labute approximate surface area is 109 Å². The lowest BCUT2D eigenvalue weighted by atomic mass is 10.1. The van der Waals surface area contributed by atoms with Crippen LogP contribution < -0.4 is 4.74 Å². The predicted octanol–water partition coefficient (Wildman–Crippen LogP) is 4.53. The third kappa shape index (κ3) is 3.63. The summed E-state index contributed by atoms with van der Waals surface area (Å²) in [6.45, 7) is 4.92. The van der Waals surface area contributed by atoms with Gasteiger partial charge < -0.3 is 4.74 Å². The number of rotatable bonds is 5. The van der Waals surface area contributed by atoms with E-state index in [1.54, 1.807) is 0 Å². The lowest BCUT2D eigenvalue weighted by molar-refractivity contribution is 0.306. The molecule has 0 radical (unpaired) electrons. The van der Waals surface area contributed by atoms with Crippen LogP contribution in [0.3, 0.4) is 0 Å². The molecule has 0 aromatic heterocycles. The number of hydrogen-bond donors (Lipinski definition) is 0. The van der Waals surface area contributed by atoms with E-state index < -0.39 is 0 Å². The maximum Gasteiger partial charge on any atom is 0.119 e. The van der Waals surface area contributed by atoms with Gasteiger partial charge in [0.1, 0.15) is 12.4 Å². The molecule has 1 heteroatoms. The van der Waals surface area contributed by atoms with Gasteiger partial charge in [0, 0.05) is 0 Å².